The van der Waals surface area contributed by atoms with E-state index in [0.29, 0.717) is 0 Å². The summed E-state index contributed by atoms with van der Waals surface area (Å²) < 4.78 is 220. The molecule has 0 atom stereocenters. The molecule has 0 aromatic carbocycles. The van der Waals surface area contributed by atoms with Crippen molar-refractivity contribution >= 4 is 28.2 Å². The molecule has 0 saturated heterocycles. The van der Waals surface area contributed by atoms with Crippen molar-refractivity contribution in [3.63, 3.8) is 0 Å². The standard InChI is InChI=1S/C19H15F16NO3S/c1-5(2)39-10(37)8-6(3)7(4)40-9(8)36-12(38)14(24,25)16(28,29)18(32,33)19(34,35)17(30,31)15(26,27)13(22,23)11(20)21/h5,11H,1-4H3,(H,36,38). The summed E-state index contributed by atoms with van der Waals surface area (Å²) in [6, 6.07) is 0. The van der Waals surface area contributed by atoms with Crippen molar-refractivity contribution in [2.75, 3.05) is 5.32 Å². The van der Waals surface area contributed by atoms with Crippen LogP contribution in [0.1, 0.15) is 34.6 Å². The van der Waals surface area contributed by atoms with Gasteiger partial charge in [0.05, 0.1) is 11.7 Å². The van der Waals surface area contributed by atoms with E-state index in [-0.39, 0.29) is 21.8 Å². The highest BCUT2D eigenvalue weighted by molar-refractivity contribution is 7.16. The second-order valence-corrected chi connectivity index (χ2v) is 9.49. The molecule has 1 N–H and O–H groups in total. The number of alkyl halides is 16. The van der Waals surface area contributed by atoms with E-state index in [9.17, 15) is 79.8 Å². The molecular formula is C19H15F16NO3S. The Morgan fingerprint density at radius 2 is 1.12 bits per heavy atom. The van der Waals surface area contributed by atoms with Gasteiger partial charge in [0.1, 0.15) is 5.00 Å². The Balaban J connectivity index is 3.62. The highest BCUT2D eigenvalue weighted by Crippen LogP contribution is 2.62. The first-order valence-electron chi connectivity index (χ1n) is 10.0. The van der Waals surface area contributed by atoms with Gasteiger partial charge in [-0.2, -0.15) is 61.5 Å². The number of carbonyl (C=O) groups excluding carboxylic acids is 2. The molecule has 0 aliphatic heterocycles. The highest BCUT2D eigenvalue weighted by Gasteiger charge is 2.94. The molecule has 0 fully saturated rings. The van der Waals surface area contributed by atoms with Crippen LogP contribution in [-0.4, -0.2) is 65.9 Å². The third-order valence-corrected chi connectivity index (χ3v) is 6.23. The number of anilines is 1. The average molecular weight is 641 g/mol. The fraction of sp³-hybridized carbons (Fsp3) is 0.684. The van der Waals surface area contributed by atoms with Gasteiger partial charge in [-0.05, 0) is 33.3 Å². The number of esters is 1. The Labute approximate surface area is 216 Å². The Hall–Kier alpha value is -2.48. The molecule has 1 heterocycles. The number of nitrogens with one attached hydrogen (secondary N) is 1. The Kier molecular flexibility index (Phi) is 9.25. The number of rotatable bonds is 11. The van der Waals surface area contributed by atoms with Crippen LogP contribution in [0.3, 0.4) is 0 Å². The molecule has 0 radical (unpaired) electrons. The van der Waals surface area contributed by atoms with Gasteiger partial charge in [-0.15, -0.1) is 11.3 Å². The van der Waals surface area contributed by atoms with Crippen LogP contribution in [0.2, 0.25) is 0 Å². The lowest BCUT2D eigenvalue weighted by Crippen LogP contribution is -2.74. The summed E-state index contributed by atoms with van der Waals surface area (Å²) in [5.74, 6) is -61.9. The van der Waals surface area contributed by atoms with Crippen LogP contribution in [-0.2, 0) is 9.53 Å². The molecule has 0 unspecified atom stereocenters. The van der Waals surface area contributed by atoms with Crippen LogP contribution in [0, 0.1) is 13.8 Å². The van der Waals surface area contributed by atoms with Crippen LogP contribution >= 0.6 is 11.3 Å². The number of hydrogen-bond donors (Lipinski definition) is 1. The van der Waals surface area contributed by atoms with E-state index in [4.69, 9.17) is 4.74 Å². The zero-order valence-electron chi connectivity index (χ0n) is 19.8. The SMILES string of the molecule is Cc1sc(NC(=O)C(F)(F)C(F)(F)C(F)(F)C(F)(F)C(F)(F)C(F)(F)C(F)(F)C(F)F)c(C(=O)OC(C)C)c1C. The van der Waals surface area contributed by atoms with E-state index in [2.05, 4.69) is 0 Å². The predicted octanol–water partition coefficient (Wildman–Crippen LogP) is 7.58. The molecule has 0 bridgehead atoms. The summed E-state index contributed by atoms with van der Waals surface area (Å²) >= 11 is 0.157. The average Bonchev–Trinajstić information content (AvgIpc) is 3.04. The topological polar surface area (TPSA) is 55.4 Å². The Morgan fingerprint density at radius 1 is 0.725 bits per heavy atom. The summed E-state index contributed by atoms with van der Waals surface area (Å²) in [7, 11) is 0. The van der Waals surface area contributed by atoms with Crippen molar-refractivity contribution in [3.05, 3.63) is 16.0 Å². The molecule has 1 rings (SSSR count). The molecule has 0 aliphatic carbocycles. The molecule has 40 heavy (non-hydrogen) atoms. The molecular weight excluding hydrogens is 626 g/mol. The van der Waals surface area contributed by atoms with Gasteiger partial charge in [0, 0.05) is 4.88 Å². The van der Waals surface area contributed by atoms with E-state index in [1.807, 2.05) is 0 Å². The van der Waals surface area contributed by atoms with Gasteiger partial charge in [0.15, 0.2) is 0 Å². The third-order valence-electron chi connectivity index (χ3n) is 5.11. The van der Waals surface area contributed by atoms with Crippen LogP contribution in [0.5, 0.6) is 0 Å². The van der Waals surface area contributed by atoms with Gasteiger partial charge < -0.3 is 10.1 Å². The van der Waals surface area contributed by atoms with Gasteiger partial charge in [-0.25, -0.2) is 13.6 Å². The van der Waals surface area contributed by atoms with Crippen molar-refractivity contribution in [1.29, 1.82) is 0 Å². The number of amides is 1. The van der Waals surface area contributed by atoms with Gasteiger partial charge >= 0.3 is 59.8 Å². The van der Waals surface area contributed by atoms with Crippen molar-refractivity contribution in [2.45, 2.75) is 81.7 Å². The molecule has 0 saturated carbocycles. The number of aryl methyl sites for hydroxylation is 1. The monoisotopic (exact) mass is 641 g/mol. The molecule has 0 aliphatic rings. The summed E-state index contributed by atoms with van der Waals surface area (Å²) in [6.07, 6.45) is -6.88. The van der Waals surface area contributed by atoms with E-state index in [0.717, 1.165) is 19.2 Å². The first-order chi connectivity index (χ1) is 17.5. The smallest absolute Gasteiger partial charge is 0.393 e. The first kappa shape index (κ1) is 35.5. The van der Waals surface area contributed by atoms with E-state index in [1.165, 1.54) is 13.8 Å². The van der Waals surface area contributed by atoms with Crippen molar-refractivity contribution in [2.24, 2.45) is 0 Å². The number of carbonyl (C=O) groups is 2. The van der Waals surface area contributed by atoms with Crippen molar-refractivity contribution in [3.8, 4) is 0 Å². The largest absolute Gasteiger partial charge is 0.459 e. The second kappa shape index (κ2) is 10.4. The second-order valence-electron chi connectivity index (χ2n) is 8.27. The van der Waals surface area contributed by atoms with Crippen LogP contribution in [0.15, 0.2) is 0 Å². The Bertz CT molecular complexity index is 1130. The zero-order valence-corrected chi connectivity index (χ0v) is 20.7. The number of halogens is 16. The van der Waals surface area contributed by atoms with Gasteiger partial charge in [0.25, 0.3) is 0 Å². The normalized spacial score (nSPS) is 14.7. The lowest BCUT2D eigenvalue weighted by molar-refractivity contribution is -0.443. The maximum atomic E-state index is 14.2. The van der Waals surface area contributed by atoms with E-state index >= 15 is 0 Å². The Morgan fingerprint density at radius 3 is 1.52 bits per heavy atom. The minimum absolute atomic E-state index is 0.0141. The van der Waals surface area contributed by atoms with Gasteiger partial charge in [-0.1, -0.05) is 0 Å². The molecule has 1 amide bonds. The molecule has 21 heteroatoms. The zero-order chi connectivity index (χ0) is 32.2. The predicted molar refractivity (Wildman–Crippen MR) is 104 cm³/mol. The van der Waals surface area contributed by atoms with E-state index in [1.54, 1.807) is 0 Å². The van der Waals surface area contributed by atoms with Crippen LogP contribution in [0.4, 0.5) is 75.2 Å². The molecule has 1 aromatic heterocycles. The summed E-state index contributed by atoms with van der Waals surface area (Å²) in [6.45, 7) is 4.77. The van der Waals surface area contributed by atoms with Gasteiger partial charge in [0.2, 0.25) is 0 Å². The van der Waals surface area contributed by atoms with Gasteiger partial charge in [-0.3, -0.25) is 4.79 Å². The summed E-state index contributed by atoms with van der Waals surface area (Å²) in [5, 5.41) is -0.301. The lowest BCUT2D eigenvalue weighted by atomic mass is 9.89. The molecule has 1 aromatic rings. The summed E-state index contributed by atoms with van der Waals surface area (Å²) in [5.41, 5.74) is -0.971. The number of ether oxygens (including phenoxy) is 1. The highest BCUT2D eigenvalue weighted by atomic mass is 32.1. The minimum atomic E-state index is -8.63. The van der Waals surface area contributed by atoms with Crippen molar-refractivity contribution < 1.29 is 84.6 Å². The minimum Gasteiger partial charge on any atom is -0.459 e. The summed E-state index contributed by atoms with van der Waals surface area (Å²) in [4.78, 5) is 24.0. The fourth-order valence-corrected chi connectivity index (χ4v) is 3.74. The fourth-order valence-electron chi connectivity index (χ4n) is 2.69. The number of thiophene rings is 1. The van der Waals surface area contributed by atoms with Crippen LogP contribution in [0.25, 0.3) is 0 Å². The molecule has 232 valence electrons. The maximum Gasteiger partial charge on any atom is 0.393 e. The molecule has 4 nitrogen and oxygen atoms in total. The van der Waals surface area contributed by atoms with Crippen molar-refractivity contribution in [1.82, 2.24) is 0 Å². The first-order valence-corrected chi connectivity index (χ1v) is 10.8. The third kappa shape index (κ3) is 5.05. The maximum absolute atomic E-state index is 14.2. The lowest BCUT2D eigenvalue weighted by Gasteiger charge is -2.42. The molecule has 0 spiro atoms. The van der Waals surface area contributed by atoms with Crippen LogP contribution < -0.4 is 5.32 Å². The van der Waals surface area contributed by atoms with E-state index < -0.39 is 76.4 Å². The quantitative estimate of drug-likeness (QED) is 0.200. The number of hydrogen-bond acceptors (Lipinski definition) is 4.